The standard InChI is InChI=1S/3C8H16O2.V/c3*1-3-5-6-7(4-2)8(9)10;/h3*7H,3-6H2,1-2H3,(H,9,10);/q;;;+3/p-3. The second kappa shape index (κ2) is 27.0. The molecule has 7 heteroatoms. The van der Waals surface area contributed by atoms with Crippen LogP contribution in [-0.4, -0.2) is 17.9 Å². The summed E-state index contributed by atoms with van der Waals surface area (Å²) in [7, 11) is 0. The molecular formula is C24H45O6V. The molecule has 182 valence electrons. The molecule has 0 aliphatic carbocycles. The van der Waals surface area contributed by atoms with Crippen molar-refractivity contribution in [2.75, 3.05) is 0 Å². The summed E-state index contributed by atoms with van der Waals surface area (Å²) < 4.78 is 0. The maximum Gasteiger partial charge on any atom is 3.00 e. The number of unbranched alkanes of at least 4 members (excludes halogenated alkanes) is 3. The Morgan fingerprint density at radius 1 is 0.516 bits per heavy atom. The molecule has 0 heterocycles. The molecule has 0 spiro atoms. The molecule has 3 atom stereocenters. The van der Waals surface area contributed by atoms with Crippen molar-refractivity contribution in [3.05, 3.63) is 0 Å². The van der Waals surface area contributed by atoms with Gasteiger partial charge in [-0.25, -0.2) is 0 Å². The number of carboxylic acid groups (broad SMARTS) is 3. The molecule has 0 fully saturated rings. The van der Waals surface area contributed by atoms with Gasteiger partial charge < -0.3 is 29.7 Å². The molecule has 0 aliphatic rings. The van der Waals surface area contributed by atoms with Crippen molar-refractivity contribution in [2.45, 2.75) is 119 Å². The van der Waals surface area contributed by atoms with Crippen LogP contribution in [0.25, 0.3) is 0 Å². The predicted octanol–water partition coefficient (Wildman–Crippen LogP) is 2.86. The zero-order chi connectivity index (χ0) is 23.9. The predicted molar refractivity (Wildman–Crippen MR) is 115 cm³/mol. The van der Waals surface area contributed by atoms with Crippen LogP contribution in [-0.2, 0) is 32.9 Å². The zero-order valence-corrected chi connectivity index (χ0v) is 22.0. The third-order valence-corrected chi connectivity index (χ3v) is 5.20. The summed E-state index contributed by atoms with van der Waals surface area (Å²) in [5.74, 6) is -3.34. The normalized spacial score (nSPS) is 12.6. The van der Waals surface area contributed by atoms with Gasteiger partial charge in [0.15, 0.2) is 0 Å². The van der Waals surface area contributed by atoms with Gasteiger partial charge in [-0.2, -0.15) is 0 Å². The number of carbonyl (C=O) groups is 3. The first-order chi connectivity index (χ1) is 14.2. The van der Waals surface area contributed by atoms with Crippen molar-refractivity contribution in [1.29, 1.82) is 0 Å². The fourth-order valence-corrected chi connectivity index (χ4v) is 2.82. The molecule has 6 nitrogen and oxygen atoms in total. The second-order valence-electron chi connectivity index (χ2n) is 7.70. The molecule has 0 radical (unpaired) electrons. The van der Waals surface area contributed by atoms with Gasteiger partial charge in [0, 0.05) is 17.9 Å². The van der Waals surface area contributed by atoms with Gasteiger partial charge in [-0.3, -0.25) is 0 Å². The van der Waals surface area contributed by atoms with Crippen LogP contribution in [0.1, 0.15) is 119 Å². The summed E-state index contributed by atoms with van der Waals surface area (Å²) >= 11 is 0. The van der Waals surface area contributed by atoms with E-state index in [9.17, 15) is 29.7 Å². The Morgan fingerprint density at radius 2 is 0.710 bits per heavy atom. The average molecular weight is 481 g/mol. The van der Waals surface area contributed by atoms with Gasteiger partial charge >= 0.3 is 18.6 Å². The van der Waals surface area contributed by atoms with Gasteiger partial charge in [0.05, 0.1) is 0 Å². The Hall–Kier alpha value is -1.01. The first-order valence-corrected chi connectivity index (χ1v) is 11.8. The van der Waals surface area contributed by atoms with Crippen LogP contribution in [0.15, 0.2) is 0 Å². The summed E-state index contributed by atoms with van der Waals surface area (Å²) in [6, 6.07) is 0. The number of rotatable bonds is 15. The third-order valence-electron chi connectivity index (χ3n) is 5.20. The molecule has 0 N–H and O–H groups in total. The fraction of sp³-hybridized carbons (Fsp3) is 0.875. The zero-order valence-electron chi connectivity index (χ0n) is 20.6. The molecule has 0 rings (SSSR count). The van der Waals surface area contributed by atoms with Crippen LogP contribution >= 0.6 is 0 Å². The first-order valence-electron chi connectivity index (χ1n) is 11.8. The van der Waals surface area contributed by atoms with E-state index in [4.69, 9.17) is 0 Å². The number of aliphatic carboxylic acids is 3. The van der Waals surface area contributed by atoms with E-state index >= 15 is 0 Å². The molecule has 0 saturated carbocycles. The topological polar surface area (TPSA) is 120 Å². The van der Waals surface area contributed by atoms with Crippen LogP contribution in [0.4, 0.5) is 0 Å². The van der Waals surface area contributed by atoms with Gasteiger partial charge in [-0.15, -0.1) is 0 Å². The summed E-state index contributed by atoms with van der Waals surface area (Å²) in [5.41, 5.74) is 0. The summed E-state index contributed by atoms with van der Waals surface area (Å²) in [4.78, 5) is 31.0. The Kier molecular flexibility index (Phi) is 32.5. The maximum atomic E-state index is 10.3. The molecule has 0 aromatic heterocycles. The van der Waals surface area contributed by atoms with E-state index in [1.807, 2.05) is 20.8 Å². The van der Waals surface area contributed by atoms with Gasteiger partial charge in [-0.05, 0) is 56.3 Å². The summed E-state index contributed by atoms with van der Waals surface area (Å²) in [6.07, 6.45) is 10.6. The Balaban J connectivity index is -0.000000174. The van der Waals surface area contributed by atoms with Crippen molar-refractivity contribution >= 4 is 17.9 Å². The van der Waals surface area contributed by atoms with Crippen molar-refractivity contribution in [2.24, 2.45) is 17.8 Å². The van der Waals surface area contributed by atoms with Crippen molar-refractivity contribution in [3.8, 4) is 0 Å². The van der Waals surface area contributed by atoms with E-state index in [2.05, 4.69) is 20.8 Å². The third kappa shape index (κ3) is 25.1. The minimum atomic E-state index is -0.893. The molecule has 0 amide bonds. The number of hydrogen-bond donors (Lipinski definition) is 0. The minimum Gasteiger partial charge on any atom is -0.550 e. The Morgan fingerprint density at radius 3 is 0.806 bits per heavy atom. The van der Waals surface area contributed by atoms with E-state index in [0.717, 1.165) is 57.8 Å². The van der Waals surface area contributed by atoms with E-state index < -0.39 is 17.9 Å². The number of carbonyl (C=O) groups excluding carboxylic acids is 3. The maximum absolute atomic E-state index is 10.3. The monoisotopic (exact) mass is 480 g/mol. The molecule has 3 unspecified atom stereocenters. The Bertz CT molecular complexity index is 366. The molecule has 0 aromatic rings. The molecule has 0 aliphatic heterocycles. The molecule has 31 heavy (non-hydrogen) atoms. The largest absolute Gasteiger partial charge is 3.00 e. The van der Waals surface area contributed by atoms with Crippen molar-refractivity contribution in [3.63, 3.8) is 0 Å². The van der Waals surface area contributed by atoms with Gasteiger partial charge in [0.1, 0.15) is 0 Å². The number of hydrogen-bond acceptors (Lipinski definition) is 6. The van der Waals surface area contributed by atoms with Gasteiger partial charge in [0.2, 0.25) is 0 Å². The number of carboxylic acids is 3. The smallest absolute Gasteiger partial charge is 0.550 e. The quantitative estimate of drug-likeness (QED) is 0.355. The van der Waals surface area contributed by atoms with Crippen LogP contribution in [0.5, 0.6) is 0 Å². The summed E-state index contributed by atoms with van der Waals surface area (Å²) in [5, 5.41) is 31.0. The Labute approximate surface area is 202 Å². The van der Waals surface area contributed by atoms with Crippen LogP contribution < -0.4 is 15.3 Å². The fourth-order valence-electron chi connectivity index (χ4n) is 2.82. The summed E-state index contributed by atoms with van der Waals surface area (Å²) in [6.45, 7) is 11.8. The van der Waals surface area contributed by atoms with Crippen LogP contribution in [0.3, 0.4) is 0 Å². The molecular weight excluding hydrogens is 435 g/mol. The minimum absolute atomic E-state index is 0. The van der Waals surface area contributed by atoms with Crippen LogP contribution in [0, 0.1) is 17.8 Å². The SMILES string of the molecule is CCCCC(CC)C(=O)[O-].CCCCC(CC)C(=O)[O-].CCCCC(CC)C(=O)[O-].[V+3]. The van der Waals surface area contributed by atoms with Crippen molar-refractivity contribution in [1.82, 2.24) is 0 Å². The second-order valence-corrected chi connectivity index (χ2v) is 7.70. The molecule has 0 bridgehead atoms. The van der Waals surface area contributed by atoms with E-state index in [1.54, 1.807) is 0 Å². The van der Waals surface area contributed by atoms with Crippen LogP contribution in [0.2, 0.25) is 0 Å². The average Bonchev–Trinajstić information content (AvgIpc) is 2.70. The van der Waals surface area contributed by atoms with E-state index in [1.165, 1.54) is 0 Å². The molecule has 0 saturated heterocycles. The van der Waals surface area contributed by atoms with Crippen molar-refractivity contribution < 1.29 is 48.3 Å². The van der Waals surface area contributed by atoms with Gasteiger partial charge in [0.25, 0.3) is 0 Å². The van der Waals surface area contributed by atoms with E-state index in [-0.39, 0.29) is 36.3 Å². The van der Waals surface area contributed by atoms with E-state index in [0.29, 0.717) is 19.3 Å². The van der Waals surface area contributed by atoms with Gasteiger partial charge in [-0.1, -0.05) is 80.1 Å². The molecule has 0 aromatic carbocycles. The first kappa shape index (κ1) is 37.3.